The Kier molecular flexibility index (Phi) is 2.90. The molecule has 4 nitrogen and oxygen atoms in total. The van der Waals surface area contributed by atoms with Crippen LogP contribution in [-0.4, -0.2) is 15.2 Å². The highest BCUT2D eigenvalue weighted by Gasteiger charge is 2.03. The highest BCUT2D eigenvalue weighted by molar-refractivity contribution is 5.52. The van der Waals surface area contributed by atoms with Crippen molar-refractivity contribution in [3.05, 3.63) is 35.7 Å². The molecule has 0 amide bonds. The summed E-state index contributed by atoms with van der Waals surface area (Å²) in [7, 11) is 0. The van der Waals surface area contributed by atoms with Gasteiger partial charge in [-0.25, -0.2) is 4.98 Å². The number of aryl methyl sites for hydroxylation is 1. The normalized spacial score (nSPS) is 10.8. The number of hydrogen-bond donors (Lipinski definition) is 2. The molecule has 0 aliphatic heterocycles. The molecule has 0 aromatic carbocycles. The highest BCUT2D eigenvalue weighted by Crippen LogP contribution is 2.18. The Labute approximate surface area is 95.1 Å². The van der Waals surface area contributed by atoms with Gasteiger partial charge in [-0.2, -0.15) is 5.10 Å². The van der Waals surface area contributed by atoms with E-state index in [0.717, 1.165) is 17.3 Å². The van der Waals surface area contributed by atoms with E-state index in [4.69, 9.17) is 0 Å². The van der Waals surface area contributed by atoms with Gasteiger partial charge in [0.25, 0.3) is 0 Å². The summed E-state index contributed by atoms with van der Waals surface area (Å²) in [6.45, 7) is 6.30. The smallest absolute Gasteiger partial charge is 0.153 e. The third-order valence-corrected chi connectivity index (χ3v) is 2.41. The largest absolute Gasteiger partial charge is 0.323 e. The first kappa shape index (κ1) is 10.7. The van der Waals surface area contributed by atoms with Gasteiger partial charge in [0, 0.05) is 18.0 Å². The van der Waals surface area contributed by atoms with Gasteiger partial charge in [0.05, 0.1) is 0 Å². The summed E-state index contributed by atoms with van der Waals surface area (Å²) >= 11 is 0. The number of rotatable bonds is 3. The average molecular weight is 216 g/mol. The van der Waals surface area contributed by atoms with Crippen LogP contribution < -0.4 is 5.32 Å². The lowest BCUT2D eigenvalue weighted by molar-refractivity contribution is 0.863. The van der Waals surface area contributed by atoms with Crippen molar-refractivity contribution in [1.29, 1.82) is 0 Å². The molecule has 0 saturated carbocycles. The summed E-state index contributed by atoms with van der Waals surface area (Å²) in [4.78, 5) is 4.26. The van der Waals surface area contributed by atoms with Gasteiger partial charge in [-0.1, -0.05) is 13.8 Å². The van der Waals surface area contributed by atoms with Crippen molar-refractivity contribution >= 4 is 11.6 Å². The fraction of sp³-hybridized carbons (Fsp3) is 0.333. The van der Waals surface area contributed by atoms with Crippen molar-refractivity contribution in [2.24, 2.45) is 0 Å². The SMILES string of the molecule is Cc1cc(Nc2cc(C(C)C)ccn2)n[nH]1. The van der Waals surface area contributed by atoms with Crippen molar-refractivity contribution in [2.75, 3.05) is 5.32 Å². The molecule has 2 aromatic heterocycles. The number of nitrogens with zero attached hydrogens (tertiary/aromatic N) is 2. The molecule has 84 valence electrons. The van der Waals surface area contributed by atoms with E-state index in [-0.39, 0.29) is 0 Å². The molecular formula is C12H16N4. The lowest BCUT2D eigenvalue weighted by Crippen LogP contribution is -1.96. The van der Waals surface area contributed by atoms with E-state index in [1.165, 1.54) is 5.56 Å². The molecule has 0 aliphatic carbocycles. The van der Waals surface area contributed by atoms with E-state index < -0.39 is 0 Å². The maximum atomic E-state index is 4.26. The number of aromatic nitrogens is 3. The van der Waals surface area contributed by atoms with E-state index in [1.807, 2.05) is 25.3 Å². The first-order valence-electron chi connectivity index (χ1n) is 5.40. The van der Waals surface area contributed by atoms with Crippen LogP contribution in [0.2, 0.25) is 0 Å². The van der Waals surface area contributed by atoms with Crippen molar-refractivity contribution in [3.8, 4) is 0 Å². The van der Waals surface area contributed by atoms with Crippen LogP contribution in [0.5, 0.6) is 0 Å². The third kappa shape index (κ3) is 2.39. The Bertz CT molecular complexity index is 473. The zero-order valence-corrected chi connectivity index (χ0v) is 9.78. The minimum absolute atomic E-state index is 0.504. The molecule has 0 fully saturated rings. The molecule has 0 saturated heterocycles. The summed E-state index contributed by atoms with van der Waals surface area (Å²) in [5.41, 5.74) is 2.30. The topological polar surface area (TPSA) is 53.6 Å². The zero-order chi connectivity index (χ0) is 11.5. The van der Waals surface area contributed by atoms with E-state index in [1.54, 1.807) is 0 Å². The highest BCUT2D eigenvalue weighted by atomic mass is 15.2. The van der Waals surface area contributed by atoms with Gasteiger partial charge in [0.1, 0.15) is 5.82 Å². The van der Waals surface area contributed by atoms with E-state index in [0.29, 0.717) is 5.92 Å². The number of anilines is 2. The Morgan fingerprint density at radius 1 is 1.25 bits per heavy atom. The van der Waals surface area contributed by atoms with Crippen molar-refractivity contribution in [3.63, 3.8) is 0 Å². The van der Waals surface area contributed by atoms with Crippen LogP contribution in [0.25, 0.3) is 0 Å². The molecular weight excluding hydrogens is 200 g/mol. The molecule has 2 rings (SSSR count). The van der Waals surface area contributed by atoms with Crippen LogP contribution in [0.4, 0.5) is 11.6 Å². The van der Waals surface area contributed by atoms with E-state index in [9.17, 15) is 0 Å². The van der Waals surface area contributed by atoms with E-state index in [2.05, 4.69) is 40.4 Å². The molecule has 0 spiro atoms. The van der Waals surface area contributed by atoms with Gasteiger partial charge < -0.3 is 5.32 Å². The molecule has 4 heteroatoms. The zero-order valence-electron chi connectivity index (χ0n) is 9.78. The minimum atomic E-state index is 0.504. The Morgan fingerprint density at radius 3 is 2.69 bits per heavy atom. The second kappa shape index (κ2) is 4.35. The molecule has 0 atom stereocenters. The number of aromatic amines is 1. The quantitative estimate of drug-likeness (QED) is 0.829. The fourth-order valence-electron chi connectivity index (χ4n) is 1.49. The molecule has 0 aliphatic rings. The number of pyridine rings is 1. The van der Waals surface area contributed by atoms with Crippen LogP contribution in [0.15, 0.2) is 24.4 Å². The summed E-state index contributed by atoms with van der Waals surface area (Å²) in [5, 5.41) is 10.2. The molecule has 2 N–H and O–H groups in total. The van der Waals surface area contributed by atoms with Crippen molar-refractivity contribution in [1.82, 2.24) is 15.2 Å². The summed E-state index contributed by atoms with van der Waals surface area (Å²) < 4.78 is 0. The third-order valence-electron chi connectivity index (χ3n) is 2.41. The predicted octanol–water partition coefficient (Wildman–Crippen LogP) is 2.98. The second-order valence-electron chi connectivity index (χ2n) is 4.19. The molecule has 0 bridgehead atoms. The standard InChI is InChI=1S/C12H16N4/c1-8(2)10-4-5-13-11(7-10)14-12-6-9(3)15-16-12/h4-8H,1-3H3,(H2,13,14,15,16). The number of H-pyrrole nitrogens is 1. The second-order valence-corrected chi connectivity index (χ2v) is 4.19. The maximum absolute atomic E-state index is 4.26. The summed E-state index contributed by atoms with van der Waals surface area (Å²) in [6.07, 6.45) is 1.82. The molecule has 2 heterocycles. The Morgan fingerprint density at radius 2 is 2.06 bits per heavy atom. The molecule has 0 radical (unpaired) electrons. The van der Waals surface area contributed by atoms with Gasteiger partial charge in [0.15, 0.2) is 5.82 Å². The number of nitrogens with one attached hydrogen (secondary N) is 2. The Hall–Kier alpha value is -1.84. The van der Waals surface area contributed by atoms with Gasteiger partial charge >= 0.3 is 0 Å². The van der Waals surface area contributed by atoms with Crippen LogP contribution in [0, 0.1) is 6.92 Å². The van der Waals surface area contributed by atoms with Crippen LogP contribution in [-0.2, 0) is 0 Å². The lowest BCUT2D eigenvalue weighted by atomic mass is 10.1. The number of hydrogen-bond acceptors (Lipinski definition) is 3. The Balaban J connectivity index is 2.18. The maximum Gasteiger partial charge on any atom is 0.153 e. The van der Waals surface area contributed by atoms with Crippen molar-refractivity contribution in [2.45, 2.75) is 26.7 Å². The van der Waals surface area contributed by atoms with Gasteiger partial charge in [-0.05, 0) is 30.5 Å². The summed E-state index contributed by atoms with van der Waals surface area (Å²) in [5.74, 6) is 2.13. The monoisotopic (exact) mass is 216 g/mol. The predicted molar refractivity (Wildman–Crippen MR) is 64.9 cm³/mol. The lowest BCUT2D eigenvalue weighted by Gasteiger charge is -2.07. The molecule has 16 heavy (non-hydrogen) atoms. The first-order chi connectivity index (χ1) is 7.65. The average Bonchev–Trinajstić information content (AvgIpc) is 2.64. The van der Waals surface area contributed by atoms with Gasteiger partial charge in [-0.15, -0.1) is 0 Å². The molecule has 2 aromatic rings. The van der Waals surface area contributed by atoms with Crippen LogP contribution in [0.3, 0.4) is 0 Å². The van der Waals surface area contributed by atoms with Crippen molar-refractivity contribution < 1.29 is 0 Å². The minimum Gasteiger partial charge on any atom is -0.323 e. The molecule has 0 unspecified atom stereocenters. The fourth-order valence-corrected chi connectivity index (χ4v) is 1.49. The van der Waals surface area contributed by atoms with Gasteiger partial charge in [-0.3, -0.25) is 5.10 Å². The first-order valence-corrected chi connectivity index (χ1v) is 5.40. The van der Waals surface area contributed by atoms with Crippen LogP contribution >= 0.6 is 0 Å². The van der Waals surface area contributed by atoms with Crippen LogP contribution in [0.1, 0.15) is 31.0 Å². The van der Waals surface area contributed by atoms with E-state index >= 15 is 0 Å². The summed E-state index contributed by atoms with van der Waals surface area (Å²) in [6, 6.07) is 6.03. The van der Waals surface area contributed by atoms with Gasteiger partial charge in [0.2, 0.25) is 0 Å².